The summed E-state index contributed by atoms with van der Waals surface area (Å²) in [5.41, 5.74) is 0.118. The van der Waals surface area contributed by atoms with E-state index in [2.05, 4.69) is 5.32 Å². The fraction of sp³-hybridized carbons (Fsp3) is 0.455. The van der Waals surface area contributed by atoms with Crippen LogP contribution in [0.15, 0.2) is 18.3 Å². The summed E-state index contributed by atoms with van der Waals surface area (Å²) < 4.78 is 1.41. The molecule has 0 aliphatic rings. The maximum atomic E-state index is 11.5. The zero-order valence-electron chi connectivity index (χ0n) is 10.0. The van der Waals surface area contributed by atoms with Crippen LogP contribution >= 0.6 is 0 Å². The molecule has 0 aliphatic carbocycles. The first-order chi connectivity index (χ1) is 8.00. The van der Waals surface area contributed by atoms with Gasteiger partial charge in [0.15, 0.2) is 0 Å². The SMILES string of the molecule is CN(C)CCNC(=O)Cn1cccc1C(=O)O. The number of aromatic carboxylic acids is 1. The molecule has 1 heterocycles. The van der Waals surface area contributed by atoms with Crippen LogP contribution in [0.4, 0.5) is 0 Å². The Morgan fingerprint density at radius 3 is 2.76 bits per heavy atom. The molecule has 0 saturated heterocycles. The number of aromatic nitrogens is 1. The molecule has 0 fully saturated rings. The van der Waals surface area contributed by atoms with Crippen molar-refractivity contribution in [1.29, 1.82) is 0 Å². The van der Waals surface area contributed by atoms with Crippen LogP contribution in [0.1, 0.15) is 10.5 Å². The van der Waals surface area contributed by atoms with Crippen molar-refractivity contribution in [3.8, 4) is 0 Å². The quantitative estimate of drug-likeness (QED) is 0.725. The molecular formula is C11H17N3O3. The van der Waals surface area contributed by atoms with E-state index in [9.17, 15) is 9.59 Å². The van der Waals surface area contributed by atoms with Crippen molar-refractivity contribution in [2.75, 3.05) is 27.2 Å². The summed E-state index contributed by atoms with van der Waals surface area (Å²) >= 11 is 0. The fourth-order valence-corrected chi connectivity index (χ4v) is 1.38. The molecule has 6 nitrogen and oxygen atoms in total. The lowest BCUT2D eigenvalue weighted by molar-refractivity contribution is -0.121. The molecule has 0 saturated carbocycles. The van der Waals surface area contributed by atoms with Crippen LogP contribution in [0.3, 0.4) is 0 Å². The number of carbonyl (C=O) groups excluding carboxylic acids is 1. The summed E-state index contributed by atoms with van der Waals surface area (Å²) in [5.74, 6) is -1.22. The molecule has 0 unspecified atom stereocenters. The van der Waals surface area contributed by atoms with Gasteiger partial charge in [-0.3, -0.25) is 4.79 Å². The monoisotopic (exact) mass is 239 g/mol. The Bertz CT molecular complexity index is 398. The summed E-state index contributed by atoms with van der Waals surface area (Å²) in [7, 11) is 3.83. The van der Waals surface area contributed by atoms with Gasteiger partial charge in [0.05, 0.1) is 0 Å². The largest absolute Gasteiger partial charge is 0.477 e. The fourth-order valence-electron chi connectivity index (χ4n) is 1.38. The summed E-state index contributed by atoms with van der Waals surface area (Å²) in [4.78, 5) is 24.3. The first-order valence-electron chi connectivity index (χ1n) is 5.30. The second-order valence-electron chi connectivity index (χ2n) is 3.98. The van der Waals surface area contributed by atoms with Gasteiger partial charge in [-0.25, -0.2) is 4.79 Å². The van der Waals surface area contributed by atoms with Crippen LogP contribution in [0.5, 0.6) is 0 Å². The number of nitrogens with one attached hydrogen (secondary N) is 1. The summed E-state index contributed by atoms with van der Waals surface area (Å²) in [6.45, 7) is 1.33. The normalized spacial score (nSPS) is 10.5. The number of hydrogen-bond acceptors (Lipinski definition) is 3. The molecule has 1 amide bonds. The number of rotatable bonds is 6. The molecule has 1 aromatic rings. The van der Waals surface area contributed by atoms with E-state index in [1.807, 2.05) is 19.0 Å². The highest BCUT2D eigenvalue weighted by Crippen LogP contribution is 2.01. The number of carbonyl (C=O) groups is 2. The molecule has 0 bridgehead atoms. The van der Waals surface area contributed by atoms with Gasteiger partial charge in [0, 0.05) is 19.3 Å². The minimum absolute atomic E-state index is 0.0298. The number of amides is 1. The highest BCUT2D eigenvalue weighted by molar-refractivity contribution is 5.86. The van der Waals surface area contributed by atoms with E-state index >= 15 is 0 Å². The second-order valence-corrected chi connectivity index (χ2v) is 3.98. The molecule has 0 aromatic carbocycles. The zero-order chi connectivity index (χ0) is 12.8. The highest BCUT2D eigenvalue weighted by Gasteiger charge is 2.11. The Balaban J connectivity index is 2.45. The summed E-state index contributed by atoms with van der Waals surface area (Å²) in [6, 6.07) is 3.08. The van der Waals surface area contributed by atoms with E-state index in [-0.39, 0.29) is 18.1 Å². The van der Waals surface area contributed by atoms with Crippen molar-refractivity contribution in [3.05, 3.63) is 24.0 Å². The third-order valence-electron chi connectivity index (χ3n) is 2.24. The molecule has 1 aromatic heterocycles. The summed E-state index contributed by atoms with van der Waals surface area (Å²) in [6.07, 6.45) is 1.58. The van der Waals surface area contributed by atoms with Crippen molar-refractivity contribution < 1.29 is 14.7 Å². The predicted octanol–water partition coefficient (Wildman–Crippen LogP) is -0.136. The van der Waals surface area contributed by atoms with Crippen LogP contribution < -0.4 is 5.32 Å². The molecule has 0 radical (unpaired) electrons. The molecule has 0 spiro atoms. The van der Waals surface area contributed by atoms with E-state index in [0.29, 0.717) is 6.54 Å². The van der Waals surface area contributed by atoms with E-state index in [1.54, 1.807) is 12.3 Å². The third-order valence-corrected chi connectivity index (χ3v) is 2.24. The smallest absolute Gasteiger partial charge is 0.352 e. The van der Waals surface area contributed by atoms with Crippen molar-refractivity contribution in [2.24, 2.45) is 0 Å². The number of likely N-dealkylation sites (N-methyl/N-ethyl adjacent to an activating group) is 1. The van der Waals surface area contributed by atoms with Crippen molar-refractivity contribution in [2.45, 2.75) is 6.54 Å². The molecule has 0 aliphatic heterocycles. The third kappa shape index (κ3) is 4.28. The topological polar surface area (TPSA) is 74.6 Å². The number of hydrogen-bond donors (Lipinski definition) is 2. The number of carboxylic acid groups (broad SMARTS) is 1. The number of nitrogens with zero attached hydrogens (tertiary/aromatic N) is 2. The Kier molecular flexibility index (Phi) is 4.71. The maximum Gasteiger partial charge on any atom is 0.352 e. The Hall–Kier alpha value is -1.82. The minimum Gasteiger partial charge on any atom is -0.477 e. The predicted molar refractivity (Wildman–Crippen MR) is 63.0 cm³/mol. The van der Waals surface area contributed by atoms with Gasteiger partial charge >= 0.3 is 5.97 Å². The Morgan fingerprint density at radius 2 is 2.18 bits per heavy atom. The Labute approximate surface area is 99.8 Å². The van der Waals surface area contributed by atoms with E-state index < -0.39 is 5.97 Å². The highest BCUT2D eigenvalue weighted by atomic mass is 16.4. The minimum atomic E-state index is -1.03. The lowest BCUT2D eigenvalue weighted by Crippen LogP contribution is -2.33. The zero-order valence-corrected chi connectivity index (χ0v) is 10.0. The molecule has 2 N–H and O–H groups in total. The van der Waals surface area contributed by atoms with Gasteiger partial charge in [0.2, 0.25) is 5.91 Å². The van der Waals surface area contributed by atoms with Crippen molar-refractivity contribution >= 4 is 11.9 Å². The van der Waals surface area contributed by atoms with E-state index in [0.717, 1.165) is 6.54 Å². The van der Waals surface area contributed by atoms with Gasteiger partial charge in [-0.05, 0) is 26.2 Å². The van der Waals surface area contributed by atoms with Crippen LogP contribution in [-0.2, 0) is 11.3 Å². The van der Waals surface area contributed by atoms with E-state index in [4.69, 9.17) is 5.11 Å². The summed E-state index contributed by atoms with van der Waals surface area (Å²) in [5, 5.41) is 11.6. The van der Waals surface area contributed by atoms with Gasteiger partial charge in [0.1, 0.15) is 12.2 Å². The molecule has 0 atom stereocenters. The lowest BCUT2D eigenvalue weighted by atomic mass is 10.4. The number of carboxylic acids is 1. The van der Waals surface area contributed by atoms with Gasteiger partial charge in [-0.15, -0.1) is 0 Å². The van der Waals surface area contributed by atoms with Gasteiger partial charge in [-0.1, -0.05) is 0 Å². The van der Waals surface area contributed by atoms with Crippen LogP contribution in [0, 0.1) is 0 Å². The molecular weight excluding hydrogens is 222 g/mol. The molecule has 94 valence electrons. The van der Waals surface area contributed by atoms with Crippen molar-refractivity contribution in [3.63, 3.8) is 0 Å². The Morgan fingerprint density at radius 1 is 1.47 bits per heavy atom. The molecule has 17 heavy (non-hydrogen) atoms. The lowest BCUT2D eigenvalue weighted by Gasteiger charge is -2.11. The van der Waals surface area contributed by atoms with Gasteiger partial charge in [-0.2, -0.15) is 0 Å². The maximum absolute atomic E-state index is 11.5. The standard InChI is InChI=1S/C11H17N3O3/c1-13(2)7-5-12-10(15)8-14-6-3-4-9(14)11(16)17/h3-4,6H,5,7-8H2,1-2H3,(H,12,15)(H,16,17). The van der Waals surface area contributed by atoms with Crippen LogP contribution in [0.25, 0.3) is 0 Å². The second kappa shape index (κ2) is 6.05. The molecule has 1 rings (SSSR count). The van der Waals surface area contributed by atoms with Crippen LogP contribution in [-0.4, -0.2) is 53.6 Å². The van der Waals surface area contributed by atoms with Gasteiger partial charge < -0.3 is 19.9 Å². The van der Waals surface area contributed by atoms with Gasteiger partial charge in [0.25, 0.3) is 0 Å². The van der Waals surface area contributed by atoms with Crippen molar-refractivity contribution in [1.82, 2.24) is 14.8 Å². The average molecular weight is 239 g/mol. The first kappa shape index (κ1) is 13.2. The average Bonchev–Trinajstić information content (AvgIpc) is 2.65. The van der Waals surface area contributed by atoms with E-state index in [1.165, 1.54) is 10.6 Å². The first-order valence-corrected chi connectivity index (χ1v) is 5.30. The molecule has 6 heteroatoms. The van der Waals surface area contributed by atoms with Crippen LogP contribution in [0.2, 0.25) is 0 Å².